The summed E-state index contributed by atoms with van der Waals surface area (Å²) in [6.07, 6.45) is 2.98. The third-order valence-electron chi connectivity index (χ3n) is 2.71. The molecule has 1 aliphatic rings. The summed E-state index contributed by atoms with van der Waals surface area (Å²) in [6, 6.07) is 2.51. The third-order valence-corrected chi connectivity index (χ3v) is 2.71. The fraction of sp³-hybridized carbons (Fsp3) is 0.545. The molecule has 0 bridgehead atoms. The molecule has 2 N–H and O–H groups in total. The maximum Gasteiger partial charge on any atom is 0.139 e. The number of nitrogens with zero attached hydrogens (tertiary/aromatic N) is 1. The van der Waals surface area contributed by atoms with Crippen LogP contribution < -0.4 is 15.4 Å². The SMILES string of the molecule is CNc1cc(OC[C@H]2CCN2)cnc1C. The van der Waals surface area contributed by atoms with E-state index in [0.29, 0.717) is 6.04 Å². The first-order valence-electron chi connectivity index (χ1n) is 5.30. The molecule has 0 aliphatic carbocycles. The lowest BCUT2D eigenvalue weighted by atomic mass is 10.1. The highest BCUT2D eigenvalue weighted by Crippen LogP contribution is 2.19. The number of hydrogen-bond donors (Lipinski definition) is 2. The molecule has 0 saturated carbocycles. The Labute approximate surface area is 90.0 Å². The Balaban J connectivity index is 1.95. The van der Waals surface area contributed by atoms with Gasteiger partial charge < -0.3 is 15.4 Å². The molecule has 1 atom stereocenters. The lowest BCUT2D eigenvalue weighted by Gasteiger charge is -2.27. The van der Waals surface area contributed by atoms with Crippen LogP contribution in [0, 0.1) is 6.92 Å². The molecule has 82 valence electrons. The van der Waals surface area contributed by atoms with Crippen LogP contribution in [0.4, 0.5) is 5.69 Å². The minimum Gasteiger partial charge on any atom is -0.490 e. The van der Waals surface area contributed by atoms with E-state index in [4.69, 9.17) is 4.74 Å². The second-order valence-electron chi connectivity index (χ2n) is 3.80. The van der Waals surface area contributed by atoms with Gasteiger partial charge in [0.25, 0.3) is 0 Å². The molecule has 0 aromatic carbocycles. The fourth-order valence-corrected chi connectivity index (χ4v) is 1.53. The van der Waals surface area contributed by atoms with E-state index in [1.807, 2.05) is 20.0 Å². The average Bonchev–Trinajstić information content (AvgIpc) is 2.18. The predicted octanol–water partition coefficient (Wildman–Crippen LogP) is 1.17. The van der Waals surface area contributed by atoms with Crippen molar-refractivity contribution in [2.24, 2.45) is 0 Å². The van der Waals surface area contributed by atoms with E-state index in [9.17, 15) is 0 Å². The van der Waals surface area contributed by atoms with Crippen molar-refractivity contribution in [3.05, 3.63) is 18.0 Å². The Kier molecular flexibility index (Phi) is 3.06. The van der Waals surface area contributed by atoms with Crippen LogP contribution in [0.15, 0.2) is 12.3 Å². The minimum atomic E-state index is 0.518. The van der Waals surface area contributed by atoms with Crippen LogP contribution in [0.5, 0.6) is 5.75 Å². The summed E-state index contributed by atoms with van der Waals surface area (Å²) >= 11 is 0. The van der Waals surface area contributed by atoms with E-state index < -0.39 is 0 Å². The zero-order chi connectivity index (χ0) is 10.7. The number of ether oxygens (including phenoxy) is 1. The maximum atomic E-state index is 5.64. The monoisotopic (exact) mass is 207 g/mol. The van der Waals surface area contributed by atoms with E-state index >= 15 is 0 Å². The van der Waals surface area contributed by atoms with Crippen molar-refractivity contribution in [1.29, 1.82) is 0 Å². The highest BCUT2D eigenvalue weighted by molar-refractivity contribution is 5.50. The first-order chi connectivity index (χ1) is 7.29. The van der Waals surface area contributed by atoms with Crippen molar-refractivity contribution in [2.75, 3.05) is 25.5 Å². The number of aromatic nitrogens is 1. The van der Waals surface area contributed by atoms with Gasteiger partial charge in [-0.3, -0.25) is 4.98 Å². The van der Waals surface area contributed by atoms with Gasteiger partial charge in [-0.1, -0.05) is 0 Å². The van der Waals surface area contributed by atoms with Gasteiger partial charge in [0, 0.05) is 19.2 Å². The highest BCUT2D eigenvalue weighted by Gasteiger charge is 2.16. The molecule has 4 heteroatoms. The summed E-state index contributed by atoms with van der Waals surface area (Å²) in [6.45, 7) is 3.82. The zero-order valence-corrected chi connectivity index (χ0v) is 9.21. The Morgan fingerprint density at radius 3 is 3.07 bits per heavy atom. The van der Waals surface area contributed by atoms with Crippen LogP contribution >= 0.6 is 0 Å². The first kappa shape index (κ1) is 10.2. The molecule has 2 heterocycles. The predicted molar refractivity (Wildman–Crippen MR) is 60.4 cm³/mol. The number of aryl methyl sites for hydroxylation is 1. The first-order valence-corrected chi connectivity index (χ1v) is 5.30. The lowest BCUT2D eigenvalue weighted by Crippen LogP contribution is -2.46. The van der Waals surface area contributed by atoms with Gasteiger partial charge in [0.05, 0.1) is 17.6 Å². The third kappa shape index (κ3) is 2.39. The van der Waals surface area contributed by atoms with Crippen molar-refractivity contribution in [2.45, 2.75) is 19.4 Å². The summed E-state index contributed by atoms with van der Waals surface area (Å²) in [7, 11) is 1.89. The minimum absolute atomic E-state index is 0.518. The summed E-state index contributed by atoms with van der Waals surface area (Å²) in [5.74, 6) is 0.832. The van der Waals surface area contributed by atoms with Crippen molar-refractivity contribution >= 4 is 5.69 Å². The molecule has 1 aliphatic heterocycles. The second-order valence-corrected chi connectivity index (χ2v) is 3.80. The van der Waals surface area contributed by atoms with Crippen molar-refractivity contribution in [1.82, 2.24) is 10.3 Å². The summed E-state index contributed by atoms with van der Waals surface area (Å²) in [5.41, 5.74) is 2.01. The van der Waals surface area contributed by atoms with Crippen LogP contribution in [0.3, 0.4) is 0 Å². The van der Waals surface area contributed by atoms with Gasteiger partial charge >= 0.3 is 0 Å². The lowest BCUT2D eigenvalue weighted by molar-refractivity contribution is 0.217. The van der Waals surface area contributed by atoms with Crippen molar-refractivity contribution < 1.29 is 4.74 Å². The van der Waals surface area contributed by atoms with E-state index in [1.54, 1.807) is 6.20 Å². The Bertz CT molecular complexity index is 337. The number of anilines is 1. The molecular weight excluding hydrogens is 190 g/mol. The van der Waals surface area contributed by atoms with Crippen LogP contribution in [0.1, 0.15) is 12.1 Å². The van der Waals surface area contributed by atoms with Crippen LogP contribution in [0.25, 0.3) is 0 Å². The van der Waals surface area contributed by atoms with Crippen LogP contribution in [0.2, 0.25) is 0 Å². The van der Waals surface area contributed by atoms with E-state index in [0.717, 1.165) is 30.3 Å². The summed E-state index contributed by atoms with van der Waals surface area (Å²) in [5, 5.41) is 6.39. The van der Waals surface area contributed by atoms with E-state index in [2.05, 4.69) is 15.6 Å². The molecule has 1 aromatic rings. The van der Waals surface area contributed by atoms with Crippen molar-refractivity contribution in [3.8, 4) is 5.75 Å². The Hall–Kier alpha value is -1.29. The molecule has 1 saturated heterocycles. The average molecular weight is 207 g/mol. The topological polar surface area (TPSA) is 46.2 Å². The number of pyridine rings is 1. The van der Waals surface area contributed by atoms with E-state index in [-0.39, 0.29) is 0 Å². The molecule has 0 radical (unpaired) electrons. The number of nitrogens with one attached hydrogen (secondary N) is 2. The zero-order valence-electron chi connectivity index (χ0n) is 9.21. The number of rotatable bonds is 4. The van der Waals surface area contributed by atoms with Gasteiger partial charge in [-0.05, 0) is 19.9 Å². The van der Waals surface area contributed by atoms with E-state index in [1.165, 1.54) is 6.42 Å². The van der Waals surface area contributed by atoms with Gasteiger partial charge in [0.1, 0.15) is 12.4 Å². The largest absolute Gasteiger partial charge is 0.490 e. The highest BCUT2D eigenvalue weighted by atomic mass is 16.5. The fourth-order valence-electron chi connectivity index (χ4n) is 1.53. The maximum absolute atomic E-state index is 5.64. The normalized spacial score (nSPS) is 19.5. The summed E-state index contributed by atoms with van der Waals surface area (Å²) < 4.78 is 5.64. The van der Waals surface area contributed by atoms with Crippen LogP contribution in [-0.4, -0.2) is 31.2 Å². The molecule has 4 nitrogen and oxygen atoms in total. The molecule has 0 amide bonds. The molecule has 2 rings (SSSR count). The summed E-state index contributed by atoms with van der Waals surface area (Å²) in [4.78, 5) is 4.26. The van der Waals surface area contributed by atoms with Crippen molar-refractivity contribution in [3.63, 3.8) is 0 Å². The second kappa shape index (κ2) is 4.49. The molecule has 1 aromatic heterocycles. The van der Waals surface area contributed by atoms with Gasteiger partial charge in [0.15, 0.2) is 0 Å². The Morgan fingerprint density at radius 1 is 1.67 bits per heavy atom. The number of hydrogen-bond acceptors (Lipinski definition) is 4. The molecular formula is C11H17N3O. The van der Waals surface area contributed by atoms with Gasteiger partial charge in [-0.25, -0.2) is 0 Å². The molecule has 15 heavy (non-hydrogen) atoms. The quantitative estimate of drug-likeness (QED) is 0.778. The molecule has 1 fully saturated rings. The smallest absolute Gasteiger partial charge is 0.139 e. The molecule has 0 unspecified atom stereocenters. The van der Waals surface area contributed by atoms with Gasteiger partial charge in [-0.2, -0.15) is 0 Å². The molecule has 0 spiro atoms. The van der Waals surface area contributed by atoms with Gasteiger partial charge in [0.2, 0.25) is 0 Å². The standard InChI is InChI=1S/C11H17N3O/c1-8-11(12-2)5-10(6-14-8)15-7-9-3-4-13-9/h5-6,9,12-13H,3-4,7H2,1-2H3/t9-/m1/s1. The van der Waals surface area contributed by atoms with Crippen LogP contribution in [-0.2, 0) is 0 Å². The Morgan fingerprint density at radius 2 is 2.47 bits per heavy atom. The van der Waals surface area contributed by atoms with Gasteiger partial charge in [-0.15, -0.1) is 0 Å².